The maximum atomic E-state index is 12.8. The minimum absolute atomic E-state index is 0.104. The van der Waals surface area contributed by atoms with E-state index in [1.165, 1.54) is 22.5 Å². The molecule has 1 aliphatic rings. The highest BCUT2D eigenvalue weighted by Crippen LogP contribution is 2.22. The first-order chi connectivity index (χ1) is 13.9. The molecule has 0 unspecified atom stereocenters. The standard InChI is InChI=1S/C21H24N2O5S/c1-2-28-21(25)17-9-6-10-18(14-17)22-20(24)16-8-7-11-19(15-16)29(26,27)23-12-4-3-5-13-23/h6-11,14-15H,2-5,12-13H2,1H3,(H,22,24). The van der Waals surface area contributed by atoms with Gasteiger partial charge < -0.3 is 10.1 Å². The number of piperidine rings is 1. The van der Waals surface area contributed by atoms with E-state index in [1.807, 2.05) is 0 Å². The minimum atomic E-state index is -3.62. The Hall–Kier alpha value is -2.71. The van der Waals surface area contributed by atoms with E-state index in [0.29, 0.717) is 24.3 Å². The van der Waals surface area contributed by atoms with Crippen LogP contribution in [0, 0.1) is 0 Å². The molecule has 1 heterocycles. The first kappa shape index (κ1) is 21.0. The van der Waals surface area contributed by atoms with E-state index in [-0.39, 0.29) is 17.1 Å². The molecule has 1 aliphatic heterocycles. The number of nitrogens with one attached hydrogen (secondary N) is 1. The lowest BCUT2D eigenvalue weighted by Gasteiger charge is -2.26. The van der Waals surface area contributed by atoms with Crippen LogP contribution in [0.1, 0.15) is 46.9 Å². The van der Waals surface area contributed by atoms with Crippen LogP contribution in [0.3, 0.4) is 0 Å². The Morgan fingerprint density at radius 3 is 2.41 bits per heavy atom. The van der Waals surface area contributed by atoms with Crippen LogP contribution in [-0.4, -0.2) is 44.3 Å². The molecule has 0 spiro atoms. The van der Waals surface area contributed by atoms with E-state index in [1.54, 1.807) is 37.3 Å². The Bertz CT molecular complexity index is 998. The predicted octanol–water partition coefficient (Wildman–Crippen LogP) is 3.29. The zero-order chi connectivity index (χ0) is 20.9. The number of ether oxygens (including phenoxy) is 1. The molecule has 154 valence electrons. The molecule has 0 radical (unpaired) electrons. The summed E-state index contributed by atoms with van der Waals surface area (Å²) in [6.45, 7) is 2.97. The van der Waals surface area contributed by atoms with Crippen LogP contribution in [0.15, 0.2) is 53.4 Å². The molecule has 1 amide bonds. The van der Waals surface area contributed by atoms with E-state index in [0.717, 1.165) is 19.3 Å². The van der Waals surface area contributed by atoms with Gasteiger partial charge in [-0.05, 0) is 56.2 Å². The van der Waals surface area contributed by atoms with Gasteiger partial charge in [-0.25, -0.2) is 13.2 Å². The Labute approximate surface area is 170 Å². The van der Waals surface area contributed by atoms with Crippen molar-refractivity contribution in [2.75, 3.05) is 25.0 Å². The summed E-state index contributed by atoms with van der Waals surface area (Å²) < 4.78 is 32.1. The number of carbonyl (C=O) groups is 2. The molecule has 0 aromatic heterocycles. The summed E-state index contributed by atoms with van der Waals surface area (Å²) in [5.41, 5.74) is 0.973. The third-order valence-corrected chi connectivity index (χ3v) is 6.58. The maximum Gasteiger partial charge on any atom is 0.338 e. The molecular weight excluding hydrogens is 392 g/mol. The van der Waals surface area contributed by atoms with Crippen molar-refractivity contribution in [3.63, 3.8) is 0 Å². The van der Waals surface area contributed by atoms with Gasteiger partial charge in [0.05, 0.1) is 17.1 Å². The SMILES string of the molecule is CCOC(=O)c1cccc(NC(=O)c2cccc(S(=O)(=O)N3CCCCC3)c2)c1. The van der Waals surface area contributed by atoms with Crippen molar-refractivity contribution in [1.82, 2.24) is 4.31 Å². The Morgan fingerprint density at radius 2 is 1.69 bits per heavy atom. The molecule has 7 nitrogen and oxygen atoms in total. The van der Waals surface area contributed by atoms with Gasteiger partial charge in [0.1, 0.15) is 0 Å². The molecule has 0 bridgehead atoms. The fraction of sp³-hybridized carbons (Fsp3) is 0.333. The van der Waals surface area contributed by atoms with Gasteiger partial charge in [0.15, 0.2) is 0 Å². The minimum Gasteiger partial charge on any atom is -0.462 e. The van der Waals surface area contributed by atoms with Gasteiger partial charge in [0.25, 0.3) is 5.91 Å². The molecular formula is C21H24N2O5S. The summed E-state index contributed by atoms with van der Waals surface area (Å²) in [4.78, 5) is 24.6. The number of esters is 1. The van der Waals surface area contributed by atoms with Crippen LogP contribution in [0.5, 0.6) is 0 Å². The average Bonchev–Trinajstić information content (AvgIpc) is 2.75. The summed E-state index contributed by atoms with van der Waals surface area (Å²) in [7, 11) is -3.62. The van der Waals surface area contributed by atoms with E-state index in [4.69, 9.17) is 4.74 Å². The first-order valence-corrected chi connectivity index (χ1v) is 11.0. The third-order valence-electron chi connectivity index (χ3n) is 4.68. The Balaban J connectivity index is 1.78. The number of amides is 1. The molecule has 1 saturated heterocycles. The van der Waals surface area contributed by atoms with Crippen LogP contribution in [0.25, 0.3) is 0 Å². The fourth-order valence-electron chi connectivity index (χ4n) is 3.19. The quantitative estimate of drug-likeness (QED) is 0.730. The number of rotatable bonds is 6. The molecule has 1 fully saturated rings. The fourth-order valence-corrected chi connectivity index (χ4v) is 4.76. The van der Waals surface area contributed by atoms with Gasteiger partial charge in [-0.1, -0.05) is 18.6 Å². The lowest BCUT2D eigenvalue weighted by molar-refractivity contribution is 0.0526. The molecule has 1 N–H and O–H groups in total. The van der Waals surface area contributed by atoms with Crippen LogP contribution in [0.2, 0.25) is 0 Å². The number of anilines is 1. The van der Waals surface area contributed by atoms with Crippen molar-refractivity contribution in [1.29, 1.82) is 0 Å². The van der Waals surface area contributed by atoms with E-state index < -0.39 is 21.9 Å². The van der Waals surface area contributed by atoms with Crippen LogP contribution < -0.4 is 5.32 Å². The van der Waals surface area contributed by atoms with Gasteiger partial charge in [-0.3, -0.25) is 4.79 Å². The van der Waals surface area contributed by atoms with Gasteiger partial charge in [0, 0.05) is 24.3 Å². The lowest BCUT2D eigenvalue weighted by Crippen LogP contribution is -2.35. The number of carbonyl (C=O) groups excluding carboxylic acids is 2. The average molecular weight is 416 g/mol. The van der Waals surface area contributed by atoms with Crippen molar-refractivity contribution < 1.29 is 22.7 Å². The molecule has 29 heavy (non-hydrogen) atoms. The molecule has 2 aromatic carbocycles. The zero-order valence-corrected chi connectivity index (χ0v) is 17.1. The second kappa shape index (κ2) is 9.19. The van der Waals surface area contributed by atoms with Crippen LogP contribution >= 0.6 is 0 Å². The van der Waals surface area contributed by atoms with Crippen LogP contribution in [0.4, 0.5) is 5.69 Å². The largest absolute Gasteiger partial charge is 0.462 e. The molecule has 0 atom stereocenters. The molecule has 8 heteroatoms. The van der Waals surface area contributed by atoms with Crippen molar-refractivity contribution >= 4 is 27.6 Å². The summed E-state index contributed by atoms with van der Waals surface area (Å²) in [6.07, 6.45) is 2.71. The number of hydrogen-bond donors (Lipinski definition) is 1. The number of benzene rings is 2. The summed E-state index contributed by atoms with van der Waals surface area (Å²) in [6, 6.07) is 12.4. The molecule has 0 aliphatic carbocycles. The monoisotopic (exact) mass is 416 g/mol. The molecule has 3 rings (SSSR count). The first-order valence-electron chi connectivity index (χ1n) is 9.60. The summed E-state index contributed by atoms with van der Waals surface area (Å²) >= 11 is 0. The molecule has 0 saturated carbocycles. The predicted molar refractivity (Wildman–Crippen MR) is 109 cm³/mol. The highest BCUT2D eigenvalue weighted by Gasteiger charge is 2.26. The maximum absolute atomic E-state index is 12.8. The van der Waals surface area contributed by atoms with Crippen molar-refractivity contribution in [2.45, 2.75) is 31.1 Å². The van der Waals surface area contributed by atoms with E-state index >= 15 is 0 Å². The second-order valence-corrected chi connectivity index (χ2v) is 8.69. The lowest BCUT2D eigenvalue weighted by atomic mass is 10.1. The van der Waals surface area contributed by atoms with E-state index in [9.17, 15) is 18.0 Å². The van der Waals surface area contributed by atoms with Crippen molar-refractivity contribution in [3.8, 4) is 0 Å². The normalized spacial score (nSPS) is 14.9. The van der Waals surface area contributed by atoms with Gasteiger partial charge >= 0.3 is 5.97 Å². The summed E-state index contributed by atoms with van der Waals surface area (Å²) in [5, 5.41) is 2.70. The van der Waals surface area contributed by atoms with Gasteiger partial charge in [-0.2, -0.15) is 4.31 Å². The number of sulfonamides is 1. The second-order valence-electron chi connectivity index (χ2n) is 6.75. The molecule has 2 aromatic rings. The van der Waals surface area contributed by atoms with Crippen molar-refractivity contribution in [3.05, 3.63) is 59.7 Å². The number of nitrogens with zero attached hydrogens (tertiary/aromatic N) is 1. The topological polar surface area (TPSA) is 92.8 Å². The van der Waals surface area contributed by atoms with E-state index in [2.05, 4.69) is 5.32 Å². The van der Waals surface area contributed by atoms with Crippen molar-refractivity contribution in [2.24, 2.45) is 0 Å². The van der Waals surface area contributed by atoms with Gasteiger partial charge in [-0.15, -0.1) is 0 Å². The zero-order valence-electron chi connectivity index (χ0n) is 16.3. The highest BCUT2D eigenvalue weighted by molar-refractivity contribution is 7.89. The number of hydrogen-bond acceptors (Lipinski definition) is 5. The summed E-state index contributed by atoms with van der Waals surface area (Å²) in [5.74, 6) is -0.931. The van der Waals surface area contributed by atoms with Gasteiger partial charge in [0.2, 0.25) is 10.0 Å². The Kier molecular flexibility index (Phi) is 6.66. The third kappa shape index (κ3) is 5.02. The smallest absolute Gasteiger partial charge is 0.338 e. The van der Waals surface area contributed by atoms with Crippen LogP contribution in [-0.2, 0) is 14.8 Å². The highest BCUT2D eigenvalue weighted by atomic mass is 32.2. The Morgan fingerprint density at radius 1 is 1.00 bits per heavy atom.